The van der Waals surface area contributed by atoms with E-state index in [9.17, 15) is 8.78 Å². The van der Waals surface area contributed by atoms with E-state index < -0.39 is 11.6 Å². The first-order chi connectivity index (χ1) is 7.65. The molecule has 0 saturated carbocycles. The van der Waals surface area contributed by atoms with Crippen LogP contribution in [-0.2, 0) is 5.75 Å². The highest BCUT2D eigenvalue weighted by Crippen LogP contribution is 2.35. The highest BCUT2D eigenvalue weighted by molar-refractivity contribution is 7.98. The number of thioether (sulfide) groups is 1. The number of nitrogens with one attached hydrogen (secondary N) is 1. The molecule has 1 aliphatic heterocycles. The number of fused-ring (bicyclic) bond motifs is 1. The summed E-state index contributed by atoms with van der Waals surface area (Å²) < 4.78 is 26.8. The Morgan fingerprint density at radius 1 is 1.38 bits per heavy atom. The number of benzene rings is 1. The summed E-state index contributed by atoms with van der Waals surface area (Å²) in [6, 6.07) is 3.04. The van der Waals surface area contributed by atoms with Crippen LogP contribution in [0.4, 0.5) is 8.78 Å². The van der Waals surface area contributed by atoms with Crippen LogP contribution in [0, 0.1) is 17.6 Å². The Morgan fingerprint density at radius 3 is 2.81 bits per heavy atom. The van der Waals surface area contributed by atoms with Gasteiger partial charge in [0.05, 0.1) is 0 Å². The SMILES string of the molecule is CNC1c2ccc(F)c(F)c2CSCC1C. The van der Waals surface area contributed by atoms with Crippen LogP contribution in [0.2, 0.25) is 0 Å². The minimum Gasteiger partial charge on any atom is -0.313 e. The Bertz CT molecular complexity index is 395. The lowest BCUT2D eigenvalue weighted by Crippen LogP contribution is -2.24. The molecular formula is C12H15F2NS. The molecule has 16 heavy (non-hydrogen) atoms. The normalized spacial score (nSPS) is 25.0. The maximum Gasteiger partial charge on any atom is 0.163 e. The van der Waals surface area contributed by atoms with Crippen LogP contribution >= 0.6 is 11.8 Å². The molecule has 0 saturated heterocycles. The van der Waals surface area contributed by atoms with E-state index in [1.54, 1.807) is 17.8 Å². The lowest BCUT2D eigenvalue weighted by atomic mass is 9.92. The van der Waals surface area contributed by atoms with Gasteiger partial charge in [-0.25, -0.2) is 8.78 Å². The predicted octanol–water partition coefficient (Wildman–Crippen LogP) is 3.11. The van der Waals surface area contributed by atoms with Gasteiger partial charge in [0, 0.05) is 17.4 Å². The predicted molar refractivity (Wildman–Crippen MR) is 63.5 cm³/mol. The average molecular weight is 243 g/mol. The van der Waals surface area contributed by atoms with Crippen LogP contribution in [0.15, 0.2) is 12.1 Å². The van der Waals surface area contributed by atoms with Crippen LogP contribution < -0.4 is 5.32 Å². The van der Waals surface area contributed by atoms with E-state index in [0.717, 1.165) is 11.3 Å². The van der Waals surface area contributed by atoms with Gasteiger partial charge in [-0.05, 0) is 30.3 Å². The molecule has 0 amide bonds. The first kappa shape index (κ1) is 11.9. The first-order valence-corrected chi connectivity index (χ1v) is 6.52. The quantitative estimate of drug-likeness (QED) is 0.813. The van der Waals surface area contributed by atoms with E-state index in [1.165, 1.54) is 6.07 Å². The standard InChI is InChI=1S/C12H15F2NS/c1-7-5-16-6-9-8(12(7)15-2)3-4-10(13)11(9)14/h3-4,7,12,15H,5-6H2,1-2H3. The fraction of sp³-hybridized carbons (Fsp3) is 0.500. The van der Waals surface area contributed by atoms with Crippen LogP contribution in [0.25, 0.3) is 0 Å². The van der Waals surface area contributed by atoms with Crippen LogP contribution in [0.3, 0.4) is 0 Å². The van der Waals surface area contributed by atoms with Gasteiger partial charge in [-0.3, -0.25) is 0 Å². The maximum absolute atomic E-state index is 13.7. The van der Waals surface area contributed by atoms with E-state index in [-0.39, 0.29) is 6.04 Å². The molecule has 0 aliphatic carbocycles. The molecule has 1 aliphatic rings. The summed E-state index contributed by atoms with van der Waals surface area (Å²) >= 11 is 1.66. The van der Waals surface area contributed by atoms with E-state index >= 15 is 0 Å². The third kappa shape index (κ3) is 1.96. The van der Waals surface area contributed by atoms with Gasteiger partial charge in [-0.1, -0.05) is 13.0 Å². The Labute approximate surface area is 98.6 Å². The van der Waals surface area contributed by atoms with E-state index in [4.69, 9.17) is 0 Å². The third-order valence-corrected chi connectivity index (χ3v) is 4.33. The smallest absolute Gasteiger partial charge is 0.163 e. The fourth-order valence-corrected chi connectivity index (χ4v) is 3.41. The van der Waals surface area contributed by atoms with Crippen molar-refractivity contribution in [1.29, 1.82) is 0 Å². The molecule has 88 valence electrons. The zero-order valence-corrected chi connectivity index (χ0v) is 10.2. The lowest BCUT2D eigenvalue weighted by Gasteiger charge is -2.22. The summed E-state index contributed by atoms with van der Waals surface area (Å²) in [5.41, 5.74) is 1.42. The largest absolute Gasteiger partial charge is 0.313 e. The summed E-state index contributed by atoms with van der Waals surface area (Å²) in [6.45, 7) is 2.13. The fourth-order valence-electron chi connectivity index (χ4n) is 2.24. The summed E-state index contributed by atoms with van der Waals surface area (Å²) in [5.74, 6) is 0.507. The summed E-state index contributed by atoms with van der Waals surface area (Å²) in [5, 5.41) is 3.19. The van der Waals surface area contributed by atoms with Gasteiger partial charge < -0.3 is 5.32 Å². The molecular weight excluding hydrogens is 228 g/mol. The second-order valence-corrected chi connectivity index (χ2v) is 5.22. The van der Waals surface area contributed by atoms with Gasteiger partial charge in [0.15, 0.2) is 11.6 Å². The third-order valence-electron chi connectivity index (χ3n) is 3.07. The van der Waals surface area contributed by atoms with Crippen molar-refractivity contribution in [2.24, 2.45) is 5.92 Å². The topological polar surface area (TPSA) is 12.0 Å². The molecule has 2 rings (SSSR count). The monoisotopic (exact) mass is 243 g/mol. The van der Waals surface area contributed by atoms with E-state index in [0.29, 0.717) is 17.2 Å². The molecule has 1 heterocycles. The molecule has 1 aromatic carbocycles. The molecule has 2 atom stereocenters. The summed E-state index contributed by atoms with van der Waals surface area (Å²) in [4.78, 5) is 0. The number of hydrogen-bond acceptors (Lipinski definition) is 2. The molecule has 2 unspecified atom stereocenters. The van der Waals surface area contributed by atoms with Crippen LogP contribution in [0.5, 0.6) is 0 Å². The number of hydrogen-bond donors (Lipinski definition) is 1. The summed E-state index contributed by atoms with van der Waals surface area (Å²) in [7, 11) is 1.86. The van der Waals surface area contributed by atoms with Crippen molar-refractivity contribution in [2.75, 3.05) is 12.8 Å². The second kappa shape index (κ2) is 4.72. The van der Waals surface area contributed by atoms with Crippen molar-refractivity contribution in [3.8, 4) is 0 Å². The van der Waals surface area contributed by atoms with Crippen LogP contribution in [-0.4, -0.2) is 12.8 Å². The summed E-state index contributed by atoms with van der Waals surface area (Å²) in [6.07, 6.45) is 0. The van der Waals surface area contributed by atoms with Gasteiger partial charge in [0.1, 0.15) is 0 Å². The van der Waals surface area contributed by atoms with Crippen molar-refractivity contribution < 1.29 is 8.78 Å². The lowest BCUT2D eigenvalue weighted by molar-refractivity contribution is 0.441. The van der Waals surface area contributed by atoms with Gasteiger partial charge in [-0.2, -0.15) is 11.8 Å². The molecule has 1 aromatic rings. The molecule has 0 aromatic heterocycles. The van der Waals surface area contributed by atoms with Crippen molar-refractivity contribution in [3.63, 3.8) is 0 Å². The first-order valence-electron chi connectivity index (χ1n) is 5.37. The van der Waals surface area contributed by atoms with Crippen molar-refractivity contribution in [3.05, 3.63) is 34.9 Å². The highest BCUT2D eigenvalue weighted by atomic mass is 32.2. The molecule has 0 fully saturated rings. The van der Waals surface area contributed by atoms with E-state index in [2.05, 4.69) is 12.2 Å². The van der Waals surface area contributed by atoms with Gasteiger partial charge in [-0.15, -0.1) is 0 Å². The van der Waals surface area contributed by atoms with Gasteiger partial charge >= 0.3 is 0 Å². The minimum absolute atomic E-state index is 0.111. The Kier molecular flexibility index (Phi) is 3.50. The number of rotatable bonds is 1. The van der Waals surface area contributed by atoms with Crippen molar-refractivity contribution in [2.45, 2.75) is 18.7 Å². The molecule has 1 nitrogen and oxygen atoms in total. The maximum atomic E-state index is 13.7. The second-order valence-electron chi connectivity index (χ2n) is 4.19. The molecule has 4 heteroatoms. The Balaban J connectivity index is 2.52. The molecule has 1 N–H and O–H groups in total. The molecule has 0 radical (unpaired) electrons. The molecule has 0 bridgehead atoms. The number of halogens is 2. The highest BCUT2D eigenvalue weighted by Gasteiger charge is 2.26. The van der Waals surface area contributed by atoms with Gasteiger partial charge in [0.25, 0.3) is 0 Å². The zero-order chi connectivity index (χ0) is 11.7. The van der Waals surface area contributed by atoms with Crippen LogP contribution in [0.1, 0.15) is 24.1 Å². The molecule has 0 spiro atoms. The van der Waals surface area contributed by atoms with E-state index in [1.807, 2.05) is 7.05 Å². The zero-order valence-electron chi connectivity index (χ0n) is 9.39. The minimum atomic E-state index is -0.747. The van der Waals surface area contributed by atoms with Crippen molar-refractivity contribution in [1.82, 2.24) is 5.32 Å². The van der Waals surface area contributed by atoms with Crippen molar-refractivity contribution >= 4 is 11.8 Å². The Morgan fingerprint density at radius 2 is 2.12 bits per heavy atom. The van der Waals surface area contributed by atoms with Gasteiger partial charge in [0.2, 0.25) is 0 Å². The average Bonchev–Trinajstić information content (AvgIpc) is 2.42. The Hall–Kier alpha value is -0.610.